The van der Waals surface area contributed by atoms with Gasteiger partial charge < -0.3 is 9.47 Å². The first-order chi connectivity index (χ1) is 39.8. The number of anilines is 2. The van der Waals surface area contributed by atoms with Gasteiger partial charge in [0.15, 0.2) is 0 Å². The summed E-state index contributed by atoms with van der Waals surface area (Å²) in [6.45, 7) is 16.4. The fraction of sp³-hybridized carbons (Fsp3) is 0.150. The third-order valence-corrected chi connectivity index (χ3v) is 17.9. The molecule has 2 aliphatic rings. The summed E-state index contributed by atoms with van der Waals surface area (Å²) >= 11 is 0. The van der Waals surface area contributed by atoms with Crippen LogP contribution in [0.15, 0.2) is 273 Å². The molecule has 0 N–H and O–H groups in total. The lowest BCUT2D eigenvalue weighted by Gasteiger charge is -2.33. The van der Waals surface area contributed by atoms with Crippen LogP contribution in [-0.2, 0) is 16.2 Å². The maximum atomic E-state index is 2.57. The van der Waals surface area contributed by atoms with Gasteiger partial charge in [0.05, 0.1) is 22.4 Å². The van der Waals surface area contributed by atoms with Crippen molar-refractivity contribution >= 4 is 44.0 Å². The lowest BCUT2D eigenvalue weighted by atomic mass is 9.74. The summed E-state index contributed by atoms with van der Waals surface area (Å²) in [5, 5.41) is 5.00. The number of rotatable bonds is 9. The third-order valence-electron chi connectivity index (χ3n) is 17.9. The topological polar surface area (TPSA) is 8.17 Å². The predicted molar refractivity (Wildman–Crippen MR) is 349 cm³/mol. The molecule has 0 saturated carbocycles. The highest BCUT2D eigenvalue weighted by Crippen LogP contribution is 2.54. The first-order valence-electron chi connectivity index (χ1n) is 29.3. The fourth-order valence-electron chi connectivity index (χ4n) is 13.5. The zero-order valence-corrected chi connectivity index (χ0v) is 48.1. The maximum absolute atomic E-state index is 2.57. The van der Waals surface area contributed by atoms with Crippen molar-refractivity contribution in [3.05, 3.63) is 306 Å². The highest BCUT2D eigenvalue weighted by Gasteiger charge is 2.41. The minimum absolute atomic E-state index is 0.0290. The molecular weight excluding hydrogens is 989 g/mol. The van der Waals surface area contributed by atoms with Crippen molar-refractivity contribution in [2.75, 3.05) is 4.90 Å². The molecule has 0 bridgehead atoms. The van der Waals surface area contributed by atoms with Gasteiger partial charge in [0, 0.05) is 44.6 Å². The molecule has 0 saturated heterocycles. The van der Waals surface area contributed by atoms with Crippen molar-refractivity contribution in [1.29, 1.82) is 0 Å². The molecular formula is C80H68N2. The van der Waals surface area contributed by atoms with Gasteiger partial charge in [-0.1, -0.05) is 254 Å². The summed E-state index contributed by atoms with van der Waals surface area (Å²) in [6, 6.07) is 93.5. The molecule has 2 unspecified atom stereocenters. The monoisotopic (exact) mass is 1060 g/mol. The molecule has 11 aromatic carbocycles. The van der Waals surface area contributed by atoms with E-state index in [1.165, 1.54) is 116 Å². The number of allylic oxidation sites excluding steroid dienone is 3. The van der Waals surface area contributed by atoms with Crippen molar-refractivity contribution in [1.82, 2.24) is 4.57 Å². The Bertz CT molecular complexity index is 4480. The smallest absolute Gasteiger partial charge is 0.0541 e. The molecule has 0 aliphatic heterocycles. The lowest BCUT2D eigenvalue weighted by molar-refractivity contribution is 0.569. The number of nitrogens with zero attached hydrogens (tertiary/aromatic N) is 2. The number of para-hydroxylation sites is 4. The van der Waals surface area contributed by atoms with E-state index in [0.29, 0.717) is 0 Å². The van der Waals surface area contributed by atoms with Gasteiger partial charge in [-0.2, -0.15) is 0 Å². The van der Waals surface area contributed by atoms with Crippen LogP contribution in [0.1, 0.15) is 94.2 Å². The van der Waals surface area contributed by atoms with Crippen molar-refractivity contribution in [3.63, 3.8) is 0 Å². The minimum Gasteiger partial charge on any atom is -0.310 e. The van der Waals surface area contributed by atoms with E-state index in [1.807, 2.05) is 0 Å². The van der Waals surface area contributed by atoms with Crippen LogP contribution in [0.2, 0.25) is 0 Å². The Morgan fingerprint density at radius 3 is 1.76 bits per heavy atom. The number of benzene rings is 11. The summed E-state index contributed by atoms with van der Waals surface area (Å²) in [5.41, 5.74) is 24.4. The Kier molecular flexibility index (Phi) is 12.3. The SMILES string of the molecule is CC(C)(C)c1cc(-c2cccc3cccc(-c4ccccc4N(C4=CC(c5ccc6c(c5)c5ccccc5n6-c5ccccc5)CC=C4)c4ccccc4-c4ccc5c(c4)C(C)(c4ccccc4)c4ccccc4-5)c23)cc(C(C)(C)C)c1. The quantitative estimate of drug-likeness (QED) is 0.140. The summed E-state index contributed by atoms with van der Waals surface area (Å²) in [7, 11) is 0. The van der Waals surface area contributed by atoms with E-state index in [-0.39, 0.29) is 22.2 Å². The number of hydrogen-bond acceptors (Lipinski definition) is 1. The van der Waals surface area contributed by atoms with Gasteiger partial charge >= 0.3 is 0 Å². The molecule has 2 nitrogen and oxygen atoms in total. The summed E-state index contributed by atoms with van der Waals surface area (Å²) in [4.78, 5) is 2.57. The van der Waals surface area contributed by atoms with Crippen LogP contribution < -0.4 is 4.90 Å². The summed E-state index contributed by atoms with van der Waals surface area (Å²) in [6.07, 6.45) is 8.20. The number of aromatic nitrogens is 1. The van der Waals surface area contributed by atoms with E-state index in [0.717, 1.165) is 23.5 Å². The molecule has 2 aliphatic carbocycles. The van der Waals surface area contributed by atoms with E-state index in [9.17, 15) is 0 Å². The van der Waals surface area contributed by atoms with Gasteiger partial charge in [-0.15, -0.1) is 0 Å². The average molecular weight is 1060 g/mol. The minimum atomic E-state index is -0.340. The van der Waals surface area contributed by atoms with E-state index >= 15 is 0 Å². The molecule has 82 heavy (non-hydrogen) atoms. The Morgan fingerprint density at radius 2 is 1.02 bits per heavy atom. The van der Waals surface area contributed by atoms with Crippen molar-refractivity contribution in [3.8, 4) is 50.2 Å². The highest BCUT2D eigenvalue weighted by molar-refractivity contribution is 6.10. The first-order valence-corrected chi connectivity index (χ1v) is 29.3. The zero-order chi connectivity index (χ0) is 55.9. The molecule has 1 aromatic heterocycles. The van der Waals surface area contributed by atoms with Gasteiger partial charge in [-0.3, -0.25) is 0 Å². The highest BCUT2D eigenvalue weighted by atomic mass is 15.2. The van der Waals surface area contributed by atoms with Gasteiger partial charge in [0.25, 0.3) is 0 Å². The molecule has 12 aromatic rings. The molecule has 0 spiro atoms. The first kappa shape index (κ1) is 50.9. The second-order valence-electron chi connectivity index (χ2n) is 25.0. The molecule has 0 amide bonds. The second kappa shape index (κ2) is 19.8. The number of fused-ring (bicyclic) bond motifs is 7. The summed E-state index contributed by atoms with van der Waals surface area (Å²) in [5.74, 6) is 0.117. The number of hydrogen-bond donors (Lipinski definition) is 0. The Morgan fingerprint density at radius 1 is 0.439 bits per heavy atom. The van der Waals surface area contributed by atoms with Crippen molar-refractivity contribution in [2.24, 2.45) is 0 Å². The molecule has 2 heteroatoms. The Hall–Kier alpha value is -9.24. The van der Waals surface area contributed by atoms with Crippen LogP contribution in [0.3, 0.4) is 0 Å². The van der Waals surface area contributed by atoms with E-state index in [1.54, 1.807) is 0 Å². The van der Waals surface area contributed by atoms with Gasteiger partial charge in [0.1, 0.15) is 0 Å². The molecule has 2 atom stereocenters. The Balaban J connectivity index is 0.983. The zero-order valence-electron chi connectivity index (χ0n) is 48.1. The van der Waals surface area contributed by atoms with Crippen LogP contribution in [0.5, 0.6) is 0 Å². The molecule has 398 valence electrons. The normalized spacial score (nSPS) is 15.9. The standard InChI is InChI=1S/C80H68N2/c1-78(2,3)59-47-57(48-60(52-59)79(4,5)6)64-37-23-25-53-26-24-38-69(77(53)64)67-35-16-20-41-74(67)82(62-32-22-27-54(49-62)55-44-46-76-70(50-55)68-36-17-21-42-75(68)81(76)61-30-12-9-13-31-61)73-40-19-15-33-63(73)56-43-45-66-65-34-14-18-39-71(65)80(7,72(66)51-56)58-28-10-8-11-29-58/h8-26,28-52,54H,27H2,1-7H3. The van der Waals surface area contributed by atoms with Gasteiger partial charge in [-0.25, -0.2) is 0 Å². The van der Waals surface area contributed by atoms with E-state index < -0.39 is 0 Å². The average Bonchev–Trinajstić information content (AvgIpc) is 3.77. The molecule has 0 radical (unpaired) electrons. The molecule has 14 rings (SSSR count). The van der Waals surface area contributed by atoms with Crippen LogP contribution in [-0.4, -0.2) is 4.57 Å². The van der Waals surface area contributed by atoms with Crippen molar-refractivity contribution < 1.29 is 0 Å². The fourth-order valence-corrected chi connectivity index (χ4v) is 13.5. The van der Waals surface area contributed by atoms with E-state index in [4.69, 9.17) is 0 Å². The Labute approximate surface area is 484 Å². The van der Waals surface area contributed by atoms with Crippen molar-refractivity contribution in [2.45, 2.75) is 77.0 Å². The van der Waals surface area contributed by atoms with Crippen LogP contribution in [0.4, 0.5) is 11.4 Å². The molecule has 1 heterocycles. The maximum Gasteiger partial charge on any atom is 0.0541 e. The van der Waals surface area contributed by atoms with E-state index in [2.05, 4.69) is 325 Å². The predicted octanol–water partition coefficient (Wildman–Crippen LogP) is 21.6. The lowest BCUT2D eigenvalue weighted by Crippen LogP contribution is -2.22. The summed E-state index contributed by atoms with van der Waals surface area (Å²) < 4.78 is 2.41. The largest absolute Gasteiger partial charge is 0.310 e. The molecule has 0 fully saturated rings. The van der Waals surface area contributed by atoms with Crippen LogP contribution in [0, 0.1) is 0 Å². The van der Waals surface area contributed by atoms with Crippen LogP contribution >= 0.6 is 0 Å². The van der Waals surface area contributed by atoms with Gasteiger partial charge in [-0.05, 0) is 156 Å². The van der Waals surface area contributed by atoms with Crippen LogP contribution in [0.25, 0.3) is 82.8 Å². The second-order valence-corrected chi connectivity index (χ2v) is 25.0. The third kappa shape index (κ3) is 8.54. The van der Waals surface area contributed by atoms with Gasteiger partial charge in [0.2, 0.25) is 0 Å².